The molecule has 1 amide bonds. The maximum absolute atomic E-state index is 15.4. The fourth-order valence-electron chi connectivity index (χ4n) is 3.22. The van der Waals surface area contributed by atoms with Crippen LogP contribution in [0, 0.1) is 11.2 Å². The van der Waals surface area contributed by atoms with Crippen LogP contribution in [0.2, 0.25) is 0 Å². The first kappa shape index (κ1) is 25.8. The molecule has 2 aromatic heterocycles. The van der Waals surface area contributed by atoms with Crippen LogP contribution in [0.1, 0.15) is 30.7 Å². The molecule has 0 aliphatic rings. The Balaban J connectivity index is 2.21. The Hall–Kier alpha value is -3.77. The van der Waals surface area contributed by atoms with Crippen LogP contribution in [0.5, 0.6) is 0 Å². The van der Waals surface area contributed by atoms with Gasteiger partial charge in [-0.05, 0) is 30.2 Å². The zero-order valence-electron chi connectivity index (χ0n) is 18.1. The average molecular weight is 502 g/mol. The van der Waals surface area contributed by atoms with Gasteiger partial charge in [0.15, 0.2) is 0 Å². The predicted molar refractivity (Wildman–Crippen MR) is 110 cm³/mol. The molecule has 0 saturated heterocycles. The summed E-state index contributed by atoms with van der Waals surface area (Å²) in [6, 6.07) is 3.78. The lowest BCUT2D eigenvalue weighted by Crippen LogP contribution is -2.33. The Bertz CT molecular complexity index is 1330. The molecule has 35 heavy (non-hydrogen) atoms. The zero-order chi connectivity index (χ0) is 26.3. The lowest BCUT2D eigenvalue weighted by molar-refractivity contribution is -0.141. The molecule has 0 aliphatic heterocycles. The molecule has 3 rings (SSSR count). The van der Waals surface area contributed by atoms with Crippen molar-refractivity contribution in [3.8, 4) is 22.6 Å². The number of rotatable bonds is 5. The van der Waals surface area contributed by atoms with Crippen molar-refractivity contribution >= 4 is 5.91 Å². The third-order valence-electron chi connectivity index (χ3n) is 5.15. The highest BCUT2D eigenvalue weighted by molar-refractivity contribution is 5.80. The van der Waals surface area contributed by atoms with Crippen molar-refractivity contribution in [2.75, 3.05) is 0 Å². The van der Waals surface area contributed by atoms with Gasteiger partial charge in [-0.25, -0.2) is 9.37 Å². The number of primary amides is 1. The molecule has 3 aromatic rings. The minimum atomic E-state index is -5.06. The van der Waals surface area contributed by atoms with E-state index in [0.29, 0.717) is 12.1 Å². The van der Waals surface area contributed by atoms with E-state index < -0.39 is 57.7 Å². The van der Waals surface area contributed by atoms with Crippen LogP contribution in [-0.4, -0.2) is 20.9 Å². The number of nitrogens with two attached hydrogens (primary N) is 1. The fraction of sp³-hybridized carbons (Fsp3) is 0.273. The molecule has 0 spiro atoms. The van der Waals surface area contributed by atoms with E-state index in [1.165, 1.54) is 13.8 Å². The van der Waals surface area contributed by atoms with Crippen molar-refractivity contribution in [1.29, 1.82) is 0 Å². The Labute approximate surface area is 193 Å². The molecule has 13 heteroatoms. The SMILES string of the molecule is CC(C)(Cc1ccc(C(F)(F)F)c(-c2nc(-c3ccc(C(F)(F)F)nc3)cc(=O)[nH]2)c1F)C(N)=O. The number of hydrogen-bond donors (Lipinski definition) is 2. The number of alkyl halides is 6. The summed E-state index contributed by atoms with van der Waals surface area (Å²) in [4.78, 5) is 33.0. The molecule has 6 nitrogen and oxygen atoms in total. The first-order valence-electron chi connectivity index (χ1n) is 9.84. The molecule has 0 atom stereocenters. The smallest absolute Gasteiger partial charge is 0.369 e. The standard InChI is InChI=1S/C22H17F7N4O2/c1-20(2,19(30)35)8-10-3-5-12(21(24,25)26)16(17(10)23)18-32-13(7-15(34)33-18)11-4-6-14(31-9-11)22(27,28)29/h3-7,9H,8H2,1-2H3,(H2,30,35)(H,32,33,34). The number of hydrogen-bond acceptors (Lipinski definition) is 4. The monoisotopic (exact) mass is 502 g/mol. The second-order valence-corrected chi connectivity index (χ2v) is 8.29. The van der Waals surface area contributed by atoms with Gasteiger partial charge in [0, 0.05) is 23.2 Å². The van der Waals surface area contributed by atoms with Crippen LogP contribution in [0.25, 0.3) is 22.6 Å². The minimum absolute atomic E-state index is 0.120. The number of H-pyrrole nitrogens is 1. The van der Waals surface area contributed by atoms with Gasteiger partial charge in [-0.3, -0.25) is 14.6 Å². The van der Waals surface area contributed by atoms with E-state index in [9.17, 15) is 35.9 Å². The number of aromatic amines is 1. The van der Waals surface area contributed by atoms with Gasteiger partial charge in [-0.1, -0.05) is 19.9 Å². The van der Waals surface area contributed by atoms with E-state index in [4.69, 9.17) is 5.73 Å². The number of halogens is 7. The summed E-state index contributed by atoms with van der Waals surface area (Å²) in [6.45, 7) is 2.76. The van der Waals surface area contributed by atoms with Crippen molar-refractivity contribution in [3.05, 3.63) is 69.5 Å². The predicted octanol–water partition coefficient (Wildman–Crippen LogP) is 4.73. The van der Waals surface area contributed by atoms with E-state index in [-0.39, 0.29) is 23.2 Å². The highest BCUT2D eigenvalue weighted by atomic mass is 19.4. The molecular weight excluding hydrogens is 485 g/mol. The van der Waals surface area contributed by atoms with Gasteiger partial charge in [-0.15, -0.1) is 0 Å². The average Bonchev–Trinajstić information content (AvgIpc) is 2.73. The highest BCUT2D eigenvalue weighted by Gasteiger charge is 2.38. The largest absolute Gasteiger partial charge is 0.433 e. The molecular formula is C22H17F7N4O2. The van der Waals surface area contributed by atoms with Crippen LogP contribution < -0.4 is 11.3 Å². The van der Waals surface area contributed by atoms with Crippen LogP contribution in [0.15, 0.2) is 41.3 Å². The first-order valence-corrected chi connectivity index (χ1v) is 9.84. The first-order chi connectivity index (χ1) is 16.0. The molecule has 0 bridgehead atoms. The summed E-state index contributed by atoms with van der Waals surface area (Å²) in [7, 11) is 0. The molecule has 0 fully saturated rings. The number of pyridine rings is 1. The van der Waals surface area contributed by atoms with Crippen molar-refractivity contribution in [2.45, 2.75) is 32.6 Å². The summed E-state index contributed by atoms with van der Waals surface area (Å²) in [5, 5.41) is 0. The fourth-order valence-corrected chi connectivity index (χ4v) is 3.22. The number of amides is 1. The number of carbonyl (C=O) groups is 1. The third-order valence-corrected chi connectivity index (χ3v) is 5.15. The summed E-state index contributed by atoms with van der Waals surface area (Å²) in [5.74, 6) is -3.02. The van der Waals surface area contributed by atoms with Gasteiger partial charge < -0.3 is 10.7 Å². The van der Waals surface area contributed by atoms with E-state index >= 15 is 4.39 Å². The second kappa shape index (κ2) is 8.78. The molecule has 0 saturated carbocycles. The number of benzene rings is 1. The maximum Gasteiger partial charge on any atom is 0.433 e. The molecule has 2 heterocycles. The van der Waals surface area contributed by atoms with Gasteiger partial charge in [0.25, 0.3) is 5.56 Å². The summed E-state index contributed by atoms with van der Waals surface area (Å²) in [6.07, 6.45) is -9.42. The Morgan fingerprint density at radius 3 is 2.20 bits per heavy atom. The topological polar surface area (TPSA) is 102 Å². The van der Waals surface area contributed by atoms with E-state index in [1.54, 1.807) is 0 Å². The number of nitrogens with one attached hydrogen (secondary N) is 1. The van der Waals surface area contributed by atoms with E-state index in [2.05, 4.69) is 9.97 Å². The molecule has 0 unspecified atom stereocenters. The van der Waals surface area contributed by atoms with Gasteiger partial charge >= 0.3 is 12.4 Å². The zero-order valence-corrected chi connectivity index (χ0v) is 18.1. The normalized spacial score (nSPS) is 12.6. The maximum atomic E-state index is 15.4. The van der Waals surface area contributed by atoms with Gasteiger partial charge in [0.1, 0.15) is 17.3 Å². The highest BCUT2D eigenvalue weighted by Crippen LogP contribution is 2.39. The van der Waals surface area contributed by atoms with Crippen molar-refractivity contribution in [3.63, 3.8) is 0 Å². The summed E-state index contributed by atoms with van der Waals surface area (Å²) in [5.41, 5.74) is -1.54. The second-order valence-electron chi connectivity index (χ2n) is 8.29. The molecule has 0 aliphatic carbocycles. The lowest BCUT2D eigenvalue weighted by atomic mass is 9.84. The van der Waals surface area contributed by atoms with Crippen molar-refractivity contribution in [2.24, 2.45) is 11.1 Å². The Morgan fingerprint density at radius 1 is 1.03 bits per heavy atom. The summed E-state index contributed by atoms with van der Waals surface area (Å²) >= 11 is 0. The van der Waals surface area contributed by atoms with Crippen LogP contribution in [0.3, 0.4) is 0 Å². The van der Waals surface area contributed by atoms with Crippen LogP contribution in [-0.2, 0) is 23.6 Å². The van der Waals surface area contributed by atoms with Crippen molar-refractivity contribution < 1.29 is 35.5 Å². The van der Waals surface area contributed by atoms with E-state index in [0.717, 1.165) is 24.4 Å². The lowest BCUT2D eigenvalue weighted by Gasteiger charge is -2.22. The van der Waals surface area contributed by atoms with Gasteiger partial charge in [0.05, 0.1) is 16.8 Å². The Morgan fingerprint density at radius 2 is 1.69 bits per heavy atom. The molecule has 3 N–H and O–H groups in total. The number of nitrogens with zero attached hydrogens (tertiary/aromatic N) is 2. The quantitative estimate of drug-likeness (QED) is 0.493. The summed E-state index contributed by atoms with van der Waals surface area (Å²) < 4.78 is 94.9. The van der Waals surface area contributed by atoms with E-state index in [1.807, 2.05) is 4.98 Å². The third kappa shape index (κ3) is 5.49. The van der Waals surface area contributed by atoms with Crippen molar-refractivity contribution in [1.82, 2.24) is 15.0 Å². The van der Waals surface area contributed by atoms with Crippen LogP contribution in [0.4, 0.5) is 30.7 Å². The minimum Gasteiger partial charge on any atom is -0.369 e. The number of carbonyl (C=O) groups excluding carboxylic acids is 1. The van der Waals surface area contributed by atoms with Crippen LogP contribution >= 0.6 is 0 Å². The Kier molecular flexibility index (Phi) is 6.49. The molecule has 0 radical (unpaired) electrons. The molecule has 1 aromatic carbocycles. The van der Waals surface area contributed by atoms with Gasteiger partial charge in [0.2, 0.25) is 5.91 Å². The number of aromatic nitrogens is 3. The van der Waals surface area contributed by atoms with Gasteiger partial charge in [-0.2, -0.15) is 26.3 Å². The molecule has 186 valence electrons.